The van der Waals surface area contributed by atoms with Gasteiger partial charge in [-0.05, 0) is 24.1 Å². The first-order valence-corrected chi connectivity index (χ1v) is 7.11. The molecule has 0 N–H and O–H groups in total. The minimum Gasteiger partial charge on any atom is -0.229 e. The van der Waals surface area contributed by atoms with Gasteiger partial charge in [-0.3, -0.25) is 0 Å². The molecule has 0 aliphatic heterocycles. The highest BCUT2D eigenvalue weighted by atomic mass is 35.5. The summed E-state index contributed by atoms with van der Waals surface area (Å²) in [5.74, 6) is 0.392. The summed E-state index contributed by atoms with van der Waals surface area (Å²) in [6, 6.07) is 7.47. The molecule has 0 radical (unpaired) electrons. The fraction of sp³-hybridized carbons (Fsp3) is 0.455. The number of benzene rings is 1. The first kappa shape index (κ1) is 11.0. The zero-order valence-corrected chi connectivity index (χ0v) is 10.1. The third kappa shape index (κ3) is 2.18. The Morgan fingerprint density at radius 2 is 2.20 bits per heavy atom. The Balaban J connectivity index is 2.18. The van der Waals surface area contributed by atoms with Crippen molar-refractivity contribution in [2.75, 3.05) is 5.75 Å². The van der Waals surface area contributed by atoms with E-state index in [2.05, 4.69) is 0 Å². The fourth-order valence-corrected chi connectivity index (χ4v) is 3.66. The summed E-state index contributed by atoms with van der Waals surface area (Å²) in [7, 11) is -2.88. The van der Waals surface area contributed by atoms with Gasteiger partial charge in [0.2, 0.25) is 0 Å². The molecule has 0 spiro atoms. The lowest BCUT2D eigenvalue weighted by atomic mass is 10.1. The van der Waals surface area contributed by atoms with Gasteiger partial charge in [0, 0.05) is 16.7 Å². The topological polar surface area (TPSA) is 34.1 Å². The highest BCUT2D eigenvalue weighted by molar-refractivity contribution is 7.92. The van der Waals surface area contributed by atoms with E-state index in [1.54, 1.807) is 13.0 Å². The number of halogens is 1. The monoisotopic (exact) mass is 244 g/mol. The van der Waals surface area contributed by atoms with Gasteiger partial charge in [0.25, 0.3) is 0 Å². The van der Waals surface area contributed by atoms with E-state index in [9.17, 15) is 8.42 Å². The van der Waals surface area contributed by atoms with E-state index >= 15 is 0 Å². The second-order valence-corrected chi connectivity index (χ2v) is 6.83. The van der Waals surface area contributed by atoms with Crippen LogP contribution in [0.4, 0.5) is 0 Å². The number of sulfone groups is 1. The average molecular weight is 245 g/mol. The van der Waals surface area contributed by atoms with Crippen LogP contribution in [0.1, 0.15) is 24.8 Å². The molecule has 15 heavy (non-hydrogen) atoms. The lowest BCUT2D eigenvalue weighted by molar-refractivity contribution is 0.595. The Morgan fingerprint density at radius 1 is 1.47 bits per heavy atom. The van der Waals surface area contributed by atoms with Crippen LogP contribution in [0.25, 0.3) is 0 Å². The zero-order valence-electron chi connectivity index (χ0n) is 8.48. The van der Waals surface area contributed by atoms with Crippen molar-refractivity contribution in [1.29, 1.82) is 0 Å². The molecule has 2 atom stereocenters. The van der Waals surface area contributed by atoms with Crippen LogP contribution in [0.2, 0.25) is 5.02 Å². The van der Waals surface area contributed by atoms with Crippen LogP contribution >= 0.6 is 11.6 Å². The molecule has 0 bridgehead atoms. The third-order valence-corrected chi connectivity index (χ3v) is 5.36. The molecule has 1 saturated carbocycles. The maximum absolute atomic E-state index is 11.6. The highest BCUT2D eigenvalue weighted by Gasteiger charge is 2.46. The standard InChI is InChI=1S/C11H13ClO2S/c1-2-15(13,14)11-7-10(11)8-4-3-5-9(12)6-8/h3-6,10-11H,2,7H2,1H3. The van der Waals surface area contributed by atoms with E-state index in [1.807, 2.05) is 18.2 Å². The molecule has 2 rings (SSSR count). The van der Waals surface area contributed by atoms with Gasteiger partial charge in [-0.25, -0.2) is 8.42 Å². The summed E-state index contributed by atoms with van der Waals surface area (Å²) in [6.07, 6.45) is 0.747. The van der Waals surface area contributed by atoms with E-state index in [1.165, 1.54) is 0 Å². The number of hydrogen-bond donors (Lipinski definition) is 0. The van der Waals surface area contributed by atoms with Gasteiger partial charge in [0.15, 0.2) is 9.84 Å². The maximum Gasteiger partial charge on any atom is 0.153 e. The van der Waals surface area contributed by atoms with Gasteiger partial charge >= 0.3 is 0 Å². The molecule has 0 saturated heterocycles. The minimum atomic E-state index is -2.88. The zero-order chi connectivity index (χ0) is 11.1. The van der Waals surface area contributed by atoms with Crippen molar-refractivity contribution in [1.82, 2.24) is 0 Å². The van der Waals surface area contributed by atoms with Crippen molar-refractivity contribution in [3.05, 3.63) is 34.9 Å². The molecule has 1 aromatic carbocycles. The predicted octanol–water partition coefficient (Wildman–Crippen LogP) is 2.63. The quantitative estimate of drug-likeness (QED) is 0.819. The van der Waals surface area contributed by atoms with Crippen molar-refractivity contribution in [2.45, 2.75) is 24.5 Å². The van der Waals surface area contributed by atoms with Gasteiger partial charge in [-0.15, -0.1) is 0 Å². The van der Waals surface area contributed by atoms with E-state index in [-0.39, 0.29) is 16.9 Å². The van der Waals surface area contributed by atoms with E-state index < -0.39 is 9.84 Å². The van der Waals surface area contributed by atoms with Crippen molar-refractivity contribution >= 4 is 21.4 Å². The molecule has 82 valence electrons. The summed E-state index contributed by atoms with van der Waals surface area (Å²) in [5, 5.41) is 0.494. The van der Waals surface area contributed by atoms with Gasteiger partial charge in [-0.1, -0.05) is 30.7 Å². The highest BCUT2D eigenvalue weighted by Crippen LogP contribution is 2.46. The molecule has 1 aromatic rings. The van der Waals surface area contributed by atoms with Crippen LogP contribution in [-0.2, 0) is 9.84 Å². The average Bonchev–Trinajstić information content (AvgIpc) is 2.98. The van der Waals surface area contributed by atoms with Crippen LogP contribution in [0.3, 0.4) is 0 Å². The molecule has 1 aliphatic rings. The summed E-state index contributed by atoms with van der Waals surface area (Å²) in [4.78, 5) is 0. The van der Waals surface area contributed by atoms with E-state index in [4.69, 9.17) is 11.6 Å². The van der Waals surface area contributed by atoms with Crippen molar-refractivity contribution in [3.63, 3.8) is 0 Å². The van der Waals surface area contributed by atoms with Gasteiger partial charge in [0.1, 0.15) is 0 Å². The molecule has 0 aromatic heterocycles. The van der Waals surface area contributed by atoms with Gasteiger partial charge in [0.05, 0.1) is 5.25 Å². The lowest BCUT2D eigenvalue weighted by Crippen LogP contribution is -2.10. The molecular weight excluding hydrogens is 232 g/mol. The van der Waals surface area contributed by atoms with Crippen molar-refractivity contribution in [2.24, 2.45) is 0 Å². The Bertz CT molecular complexity index is 467. The summed E-state index contributed by atoms with van der Waals surface area (Å²) in [5.41, 5.74) is 1.05. The van der Waals surface area contributed by atoms with E-state index in [0.29, 0.717) is 5.02 Å². The molecule has 4 heteroatoms. The summed E-state index contributed by atoms with van der Waals surface area (Å²) >= 11 is 5.86. The second kappa shape index (κ2) is 3.80. The van der Waals surface area contributed by atoms with Gasteiger partial charge < -0.3 is 0 Å². The Kier molecular flexibility index (Phi) is 2.77. The molecule has 0 heterocycles. The third-order valence-electron chi connectivity index (χ3n) is 2.87. The Morgan fingerprint density at radius 3 is 2.80 bits per heavy atom. The van der Waals surface area contributed by atoms with Crippen molar-refractivity contribution < 1.29 is 8.42 Å². The summed E-state index contributed by atoms with van der Waals surface area (Å²) < 4.78 is 23.2. The smallest absolute Gasteiger partial charge is 0.153 e. The Labute approximate surface area is 95.2 Å². The maximum atomic E-state index is 11.6. The first-order valence-electron chi connectivity index (χ1n) is 5.01. The van der Waals surface area contributed by atoms with Crippen molar-refractivity contribution in [3.8, 4) is 0 Å². The lowest BCUT2D eigenvalue weighted by Gasteiger charge is -2.01. The fourth-order valence-electron chi connectivity index (χ4n) is 1.87. The largest absolute Gasteiger partial charge is 0.229 e. The molecule has 1 fully saturated rings. The Hall–Kier alpha value is -0.540. The molecule has 2 nitrogen and oxygen atoms in total. The van der Waals surface area contributed by atoms with Gasteiger partial charge in [-0.2, -0.15) is 0 Å². The van der Waals surface area contributed by atoms with Crippen LogP contribution in [-0.4, -0.2) is 19.4 Å². The van der Waals surface area contributed by atoms with Crippen LogP contribution in [0.5, 0.6) is 0 Å². The van der Waals surface area contributed by atoms with E-state index in [0.717, 1.165) is 12.0 Å². The number of hydrogen-bond acceptors (Lipinski definition) is 2. The molecule has 1 aliphatic carbocycles. The molecular formula is C11H13ClO2S. The molecule has 0 amide bonds. The summed E-state index contributed by atoms with van der Waals surface area (Å²) in [6.45, 7) is 1.70. The molecule has 2 unspecified atom stereocenters. The predicted molar refractivity (Wildman–Crippen MR) is 62.1 cm³/mol. The first-order chi connectivity index (χ1) is 7.04. The van der Waals surface area contributed by atoms with Crippen LogP contribution in [0.15, 0.2) is 24.3 Å². The normalized spacial score (nSPS) is 25.2. The second-order valence-electron chi connectivity index (χ2n) is 3.89. The minimum absolute atomic E-state index is 0.161. The van der Waals surface area contributed by atoms with Crippen LogP contribution in [0, 0.1) is 0 Å². The SMILES string of the molecule is CCS(=O)(=O)C1CC1c1cccc(Cl)c1. The number of rotatable bonds is 3. The van der Waals surface area contributed by atoms with Crippen LogP contribution < -0.4 is 0 Å².